The van der Waals surface area contributed by atoms with Crippen molar-refractivity contribution in [2.45, 2.75) is 13.0 Å². The zero-order chi connectivity index (χ0) is 18.8. The molecule has 4 rings (SSSR count). The minimum absolute atomic E-state index is 0.376. The fourth-order valence-electron chi connectivity index (χ4n) is 2.70. The van der Waals surface area contributed by atoms with Gasteiger partial charge in [0.2, 0.25) is 5.91 Å². The lowest BCUT2D eigenvalue weighted by Crippen LogP contribution is -2.33. The summed E-state index contributed by atoms with van der Waals surface area (Å²) in [5.41, 5.74) is 0.170. The molecule has 9 nitrogen and oxygen atoms in total. The largest absolute Gasteiger partial charge is 0.486 e. The molecule has 0 radical (unpaired) electrons. The van der Waals surface area contributed by atoms with Crippen LogP contribution in [0.3, 0.4) is 0 Å². The third-order valence-corrected chi connectivity index (χ3v) is 4.11. The molecule has 1 N–H and O–H groups in total. The first-order valence-corrected chi connectivity index (χ1v) is 8.42. The number of carbonyl (C=O) groups excluding carboxylic acids is 1. The monoisotopic (exact) mass is 367 g/mol. The summed E-state index contributed by atoms with van der Waals surface area (Å²) in [6, 6.07) is 8.98. The molecular formula is C18H17N5O4. The van der Waals surface area contributed by atoms with E-state index in [2.05, 4.69) is 15.5 Å². The van der Waals surface area contributed by atoms with Gasteiger partial charge in [-0.1, -0.05) is 0 Å². The van der Waals surface area contributed by atoms with Gasteiger partial charge in [-0.25, -0.2) is 9.36 Å². The number of hydrogen-bond acceptors (Lipinski definition) is 6. The summed E-state index contributed by atoms with van der Waals surface area (Å²) >= 11 is 0. The van der Waals surface area contributed by atoms with Crippen molar-refractivity contribution < 1.29 is 14.3 Å². The SMILES string of the molecule is CC(C(=O)Nc1ccc2c(c1)OCCO2)n1nc(-n2cccn2)ccc1=O. The number of amides is 1. The molecule has 3 heterocycles. The lowest BCUT2D eigenvalue weighted by atomic mass is 10.2. The van der Waals surface area contributed by atoms with Crippen molar-refractivity contribution in [2.24, 2.45) is 0 Å². The Morgan fingerprint density at radius 1 is 1.19 bits per heavy atom. The summed E-state index contributed by atoms with van der Waals surface area (Å²) in [6.45, 7) is 2.56. The van der Waals surface area contributed by atoms with E-state index < -0.39 is 6.04 Å². The van der Waals surface area contributed by atoms with Crippen molar-refractivity contribution in [3.05, 3.63) is 59.1 Å². The van der Waals surface area contributed by atoms with Gasteiger partial charge in [0.1, 0.15) is 19.3 Å². The molecule has 0 bridgehead atoms. The van der Waals surface area contributed by atoms with Crippen LogP contribution in [-0.2, 0) is 4.79 Å². The van der Waals surface area contributed by atoms with Crippen molar-refractivity contribution in [1.29, 1.82) is 0 Å². The first-order valence-electron chi connectivity index (χ1n) is 8.42. The molecule has 9 heteroatoms. The fourth-order valence-corrected chi connectivity index (χ4v) is 2.70. The molecule has 0 saturated carbocycles. The molecule has 138 valence electrons. The van der Waals surface area contributed by atoms with Gasteiger partial charge in [0.15, 0.2) is 17.3 Å². The van der Waals surface area contributed by atoms with Crippen molar-refractivity contribution in [3.63, 3.8) is 0 Å². The average Bonchev–Trinajstić information content (AvgIpc) is 3.22. The molecule has 0 aliphatic carbocycles. The van der Waals surface area contributed by atoms with Crippen LogP contribution in [0, 0.1) is 0 Å². The van der Waals surface area contributed by atoms with Crippen LogP contribution in [0.5, 0.6) is 11.5 Å². The highest BCUT2D eigenvalue weighted by atomic mass is 16.6. The lowest BCUT2D eigenvalue weighted by Gasteiger charge is -2.19. The van der Waals surface area contributed by atoms with Crippen LogP contribution in [0.2, 0.25) is 0 Å². The zero-order valence-electron chi connectivity index (χ0n) is 14.5. The summed E-state index contributed by atoms with van der Waals surface area (Å²) in [6.07, 6.45) is 3.31. The molecule has 3 aromatic rings. The van der Waals surface area contributed by atoms with E-state index in [0.29, 0.717) is 36.2 Å². The second-order valence-electron chi connectivity index (χ2n) is 5.95. The summed E-state index contributed by atoms with van der Waals surface area (Å²) < 4.78 is 13.6. The maximum Gasteiger partial charge on any atom is 0.267 e. The van der Waals surface area contributed by atoms with Crippen molar-refractivity contribution in [3.8, 4) is 17.3 Å². The Morgan fingerprint density at radius 2 is 2.00 bits per heavy atom. The molecule has 1 aromatic carbocycles. The highest BCUT2D eigenvalue weighted by Gasteiger charge is 2.19. The van der Waals surface area contributed by atoms with E-state index in [4.69, 9.17) is 9.47 Å². The Labute approximate surface area is 154 Å². The molecule has 0 saturated heterocycles. The smallest absolute Gasteiger partial charge is 0.267 e. The number of carbonyl (C=O) groups is 1. The van der Waals surface area contributed by atoms with Gasteiger partial charge in [0.05, 0.1) is 0 Å². The topological polar surface area (TPSA) is 100 Å². The summed E-state index contributed by atoms with van der Waals surface area (Å²) in [4.78, 5) is 24.8. The van der Waals surface area contributed by atoms with Gasteiger partial charge in [-0.2, -0.15) is 5.10 Å². The van der Waals surface area contributed by atoms with Gasteiger partial charge in [-0.05, 0) is 31.2 Å². The Morgan fingerprint density at radius 3 is 2.78 bits per heavy atom. The molecule has 1 unspecified atom stereocenters. The molecule has 1 amide bonds. The van der Waals surface area contributed by atoms with Gasteiger partial charge in [-0.15, -0.1) is 5.10 Å². The number of benzene rings is 1. The van der Waals surface area contributed by atoms with E-state index in [1.54, 1.807) is 49.6 Å². The second-order valence-corrected chi connectivity index (χ2v) is 5.95. The number of ether oxygens (including phenoxy) is 2. The number of nitrogens with zero attached hydrogens (tertiary/aromatic N) is 4. The highest BCUT2D eigenvalue weighted by molar-refractivity contribution is 5.93. The number of rotatable bonds is 4. The predicted octanol–water partition coefficient (Wildman–Crippen LogP) is 1.40. The van der Waals surface area contributed by atoms with Crippen LogP contribution < -0.4 is 20.3 Å². The highest BCUT2D eigenvalue weighted by Crippen LogP contribution is 2.32. The van der Waals surface area contributed by atoms with Crippen LogP contribution in [0.4, 0.5) is 5.69 Å². The summed E-state index contributed by atoms with van der Waals surface area (Å²) in [7, 11) is 0. The van der Waals surface area contributed by atoms with E-state index in [9.17, 15) is 9.59 Å². The Hall–Kier alpha value is -3.62. The van der Waals surface area contributed by atoms with Crippen LogP contribution in [-0.4, -0.2) is 38.7 Å². The maximum absolute atomic E-state index is 12.6. The molecule has 1 aliphatic heterocycles. The van der Waals surface area contributed by atoms with Gasteiger partial charge in [-0.3, -0.25) is 9.59 Å². The van der Waals surface area contributed by atoms with E-state index in [1.807, 2.05) is 0 Å². The molecule has 27 heavy (non-hydrogen) atoms. The number of hydrogen-bond donors (Lipinski definition) is 1. The van der Waals surface area contributed by atoms with Crippen LogP contribution >= 0.6 is 0 Å². The van der Waals surface area contributed by atoms with Gasteiger partial charge in [0.25, 0.3) is 5.56 Å². The minimum atomic E-state index is -0.818. The molecule has 1 atom stereocenters. The summed E-state index contributed by atoms with van der Waals surface area (Å²) in [5.74, 6) is 1.28. The molecule has 0 fully saturated rings. The van der Waals surface area contributed by atoms with E-state index in [0.717, 1.165) is 4.68 Å². The van der Waals surface area contributed by atoms with Crippen LogP contribution in [0.15, 0.2) is 53.6 Å². The van der Waals surface area contributed by atoms with Gasteiger partial charge >= 0.3 is 0 Å². The minimum Gasteiger partial charge on any atom is -0.486 e. The van der Waals surface area contributed by atoms with Gasteiger partial charge < -0.3 is 14.8 Å². The molecular weight excluding hydrogens is 350 g/mol. The normalized spacial score (nSPS) is 13.8. The van der Waals surface area contributed by atoms with Crippen molar-refractivity contribution in [2.75, 3.05) is 18.5 Å². The Balaban J connectivity index is 1.56. The van der Waals surface area contributed by atoms with E-state index in [1.165, 1.54) is 10.7 Å². The van der Waals surface area contributed by atoms with E-state index in [-0.39, 0.29) is 11.5 Å². The first kappa shape index (κ1) is 16.8. The zero-order valence-corrected chi connectivity index (χ0v) is 14.5. The average molecular weight is 367 g/mol. The number of anilines is 1. The van der Waals surface area contributed by atoms with Crippen LogP contribution in [0.25, 0.3) is 5.82 Å². The lowest BCUT2D eigenvalue weighted by molar-refractivity contribution is -0.119. The Kier molecular flexibility index (Phi) is 4.33. The predicted molar refractivity (Wildman–Crippen MR) is 96.4 cm³/mol. The quantitative estimate of drug-likeness (QED) is 0.748. The third kappa shape index (κ3) is 3.39. The van der Waals surface area contributed by atoms with E-state index >= 15 is 0 Å². The standard InChI is InChI=1S/C18H17N5O4/c1-12(23-17(24)6-5-16(21-23)22-8-2-7-19-22)18(25)20-13-3-4-14-15(11-13)27-10-9-26-14/h2-8,11-12H,9-10H2,1H3,(H,20,25). The maximum atomic E-state index is 12.6. The first-order chi connectivity index (χ1) is 13.1. The Bertz CT molecular complexity index is 1030. The number of nitrogens with one attached hydrogen (secondary N) is 1. The second kappa shape index (κ2) is 6.94. The third-order valence-electron chi connectivity index (χ3n) is 4.11. The van der Waals surface area contributed by atoms with Crippen LogP contribution in [0.1, 0.15) is 13.0 Å². The molecule has 0 spiro atoms. The van der Waals surface area contributed by atoms with Crippen molar-refractivity contribution in [1.82, 2.24) is 19.6 Å². The molecule has 2 aromatic heterocycles. The fraction of sp³-hybridized carbons (Fsp3) is 0.222. The van der Waals surface area contributed by atoms with Crippen molar-refractivity contribution >= 4 is 11.6 Å². The molecule has 1 aliphatic rings. The number of fused-ring (bicyclic) bond motifs is 1. The number of aromatic nitrogens is 4. The van der Waals surface area contributed by atoms with Gasteiger partial charge in [0, 0.05) is 30.2 Å². The summed E-state index contributed by atoms with van der Waals surface area (Å²) in [5, 5.41) is 11.1.